The largest absolute Gasteiger partial charge is 0.495 e. The van der Waals surface area contributed by atoms with E-state index >= 15 is 0 Å². The highest BCUT2D eigenvalue weighted by Crippen LogP contribution is 2.22. The van der Waals surface area contributed by atoms with Crippen LogP contribution in [0.2, 0.25) is 0 Å². The second kappa shape index (κ2) is 7.01. The number of rotatable bonds is 7. The molecule has 0 aliphatic rings. The summed E-state index contributed by atoms with van der Waals surface area (Å²) in [4.78, 5) is 11.5. The highest BCUT2D eigenvalue weighted by atomic mass is 19.3. The standard InChI is InChI=1S/C12H16F2N2O3/c1-19-10-5-3-2-4-9(10)16-11(18)6-15-7-12(13,14)8-17/h2-5,15,17H,6-8H2,1H3,(H,16,18). The highest BCUT2D eigenvalue weighted by Gasteiger charge is 2.27. The maximum Gasteiger partial charge on any atom is 0.282 e. The van der Waals surface area contributed by atoms with Crippen molar-refractivity contribution in [2.24, 2.45) is 0 Å². The number of aliphatic hydroxyl groups excluding tert-OH is 1. The number of hydrogen-bond acceptors (Lipinski definition) is 4. The number of carbonyl (C=O) groups excluding carboxylic acids is 1. The molecule has 1 amide bonds. The Morgan fingerprint density at radius 3 is 2.74 bits per heavy atom. The number of alkyl halides is 2. The molecule has 3 N–H and O–H groups in total. The molecule has 0 bridgehead atoms. The van der Waals surface area contributed by atoms with Gasteiger partial charge in [-0.1, -0.05) is 12.1 Å². The van der Waals surface area contributed by atoms with E-state index in [1.165, 1.54) is 7.11 Å². The molecule has 0 saturated heterocycles. The van der Waals surface area contributed by atoms with E-state index < -0.39 is 25.0 Å². The lowest BCUT2D eigenvalue weighted by molar-refractivity contribution is -0.115. The van der Waals surface area contributed by atoms with Gasteiger partial charge in [0.2, 0.25) is 5.91 Å². The van der Waals surface area contributed by atoms with Gasteiger partial charge in [0.25, 0.3) is 5.92 Å². The molecular formula is C12H16F2N2O3. The number of para-hydroxylation sites is 2. The average Bonchev–Trinajstić information content (AvgIpc) is 2.39. The number of aliphatic hydroxyl groups is 1. The van der Waals surface area contributed by atoms with Crippen LogP contribution < -0.4 is 15.4 Å². The minimum Gasteiger partial charge on any atom is -0.495 e. The fourth-order valence-electron chi connectivity index (χ4n) is 1.36. The van der Waals surface area contributed by atoms with Crippen LogP contribution in [0.4, 0.5) is 14.5 Å². The monoisotopic (exact) mass is 274 g/mol. The summed E-state index contributed by atoms with van der Waals surface area (Å²) in [5, 5.41) is 13.2. The summed E-state index contributed by atoms with van der Waals surface area (Å²) >= 11 is 0. The number of hydrogen-bond donors (Lipinski definition) is 3. The lowest BCUT2D eigenvalue weighted by atomic mass is 10.3. The fourth-order valence-corrected chi connectivity index (χ4v) is 1.36. The van der Waals surface area contributed by atoms with Crippen LogP contribution in [0.1, 0.15) is 0 Å². The van der Waals surface area contributed by atoms with Crippen LogP contribution in [0.15, 0.2) is 24.3 Å². The zero-order chi connectivity index (χ0) is 14.3. The van der Waals surface area contributed by atoms with Gasteiger partial charge in [0.1, 0.15) is 12.4 Å². The Labute approximate surface area is 109 Å². The maximum absolute atomic E-state index is 12.7. The van der Waals surface area contributed by atoms with Gasteiger partial charge in [0.15, 0.2) is 0 Å². The molecule has 0 aliphatic carbocycles. The molecule has 0 spiro atoms. The molecular weight excluding hydrogens is 258 g/mol. The molecule has 106 valence electrons. The van der Waals surface area contributed by atoms with Crippen molar-refractivity contribution in [1.29, 1.82) is 0 Å². The third-order valence-electron chi connectivity index (χ3n) is 2.28. The Morgan fingerprint density at radius 1 is 1.42 bits per heavy atom. The zero-order valence-corrected chi connectivity index (χ0v) is 10.5. The molecule has 19 heavy (non-hydrogen) atoms. The van der Waals surface area contributed by atoms with Crippen LogP contribution in [0.25, 0.3) is 0 Å². The van der Waals surface area contributed by atoms with Gasteiger partial charge in [0.05, 0.1) is 25.9 Å². The average molecular weight is 274 g/mol. The first-order chi connectivity index (χ1) is 8.98. The summed E-state index contributed by atoms with van der Waals surface area (Å²) in [6.07, 6.45) is 0. The summed E-state index contributed by atoms with van der Waals surface area (Å²) in [6.45, 7) is -2.30. The topological polar surface area (TPSA) is 70.6 Å². The van der Waals surface area contributed by atoms with E-state index in [0.717, 1.165) is 0 Å². The van der Waals surface area contributed by atoms with Crippen LogP contribution >= 0.6 is 0 Å². The Kier molecular flexibility index (Phi) is 5.65. The van der Waals surface area contributed by atoms with Gasteiger partial charge in [-0.2, -0.15) is 0 Å². The number of halogens is 2. The summed E-state index contributed by atoms with van der Waals surface area (Å²) in [6, 6.07) is 6.77. The second-order valence-electron chi connectivity index (χ2n) is 3.87. The normalized spacial score (nSPS) is 11.2. The predicted octanol–water partition coefficient (Wildman–Crippen LogP) is 0.851. The number of benzene rings is 1. The molecule has 1 aromatic rings. The summed E-state index contributed by atoms with van der Waals surface area (Å²) in [5.74, 6) is -3.22. The first-order valence-electron chi connectivity index (χ1n) is 5.61. The van der Waals surface area contributed by atoms with Crippen LogP contribution in [0.5, 0.6) is 5.75 Å². The lowest BCUT2D eigenvalue weighted by Crippen LogP contribution is -2.39. The third kappa shape index (κ3) is 5.19. The molecule has 7 heteroatoms. The summed E-state index contributed by atoms with van der Waals surface area (Å²) < 4.78 is 30.4. The molecule has 0 aliphatic heterocycles. The Morgan fingerprint density at radius 2 is 2.11 bits per heavy atom. The number of anilines is 1. The van der Waals surface area contributed by atoms with Gasteiger partial charge < -0.3 is 20.5 Å². The first kappa shape index (κ1) is 15.3. The molecule has 0 heterocycles. The molecule has 0 saturated carbocycles. The summed E-state index contributed by atoms with van der Waals surface area (Å²) in [7, 11) is 1.46. The van der Waals surface area contributed by atoms with E-state index in [2.05, 4.69) is 10.6 Å². The van der Waals surface area contributed by atoms with Crippen molar-refractivity contribution in [3.63, 3.8) is 0 Å². The van der Waals surface area contributed by atoms with Gasteiger partial charge in [0, 0.05) is 0 Å². The number of carbonyl (C=O) groups is 1. The van der Waals surface area contributed by atoms with Crippen molar-refractivity contribution < 1.29 is 23.4 Å². The molecule has 0 radical (unpaired) electrons. The van der Waals surface area contributed by atoms with Crippen molar-refractivity contribution in [2.75, 3.05) is 32.1 Å². The second-order valence-corrected chi connectivity index (χ2v) is 3.87. The molecule has 1 rings (SSSR count). The third-order valence-corrected chi connectivity index (χ3v) is 2.28. The smallest absolute Gasteiger partial charge is 0.282 e. The molecule has 5 nitrogen and oxygen atoms in total. The molecule has 0 fully saturated rings. The molecule has 0 atom stereocenters. The van der Waals surface area contributed by atoms with Gasteiger partial charge in [-0.25, -0.2) is 8.78 Å². The van der Waals surface area contributed by atoms with Crippen molar-refractivity contribution >= 4 is 11.6 Å². The fraction of sp³-hybridized carbons (Fsp3) is 0.417. The predicted molar refractivity (Wildman–Crippen MR) is 66.5 cm³/mol. The SMILES string of the molecule is COc1ccccc1NC(=O)CNCC(F)(F)CO. The van der Waals surface area contributed by atoms with E-state index in [9.17, 15) is 13.6 Å². The van der Waals surface area contributed by atoms with E-state index in [4.69, 9.17) is 9.84 Å². The summed E-state index contributed by atoms with van der Waals surface area (Å²) in [5.41, 5.74) is 0.464. The van der Waals surface area contributed by atoms with Crippen molar-refractivity contribution in [3.8, 4) is 5.75 Å². The number of nitrogens with one attached hydrogen (secondary N) is 2. The molecule has 0 unspecified atom stereocenters. The Balaban J connectivity index is 2.43. The van der Waals surface area contributed by atoms with Crippen molar-refractivity contribution in [3.05, 3.63) is 24.3 Å². The van der Waals surface area contributed by atoms with E-state index in [1.807, 2.05) is 0 Å². The zero-order valence-electron chi connectivity index (χ0n) is 10.5. The number of amides is 1. The lowest BCUT2D eigenvalue weighted by Gasteiger charge is -2.14. The number of methoxy groups -OCH3 is 1. The van der Waals surface area contributed by atoms with Gasteiger partial charge >= 0.3 is 0 Å². The van der Waals surface area contributed by atoms with Crippen LogP contribution in [0.3, 0.4) is 0 Å². The van der Waals surface area contributed by atoms with Crippen LogP contribution in [-0.2, 0) is 4.79 Å². The quantitative estimate of drug-likeness (QED) is 0.689. The molecule has 0 aromatic heterocycles. The molecule has 1 aromatic carbocycles. The van der Waals surface area contributed by atoms with Gasteiger partial charge in [-0.3, -0.25) is 4.79 Å². The Bertz CT molecular complexity index is 427. The van der Waals surface area contributed by atoms with Crippen LogP contribution in [0, 0.1) is 0 Å². The van der Waals surface area contributed by atoms with Crippen LogP contribution in [-0.4, -0.2) is 43.7 Å². The minimum absolute atomic E-state index is 0.284. The van der Waals surface area contributed by atoms with E-state index in [0.29, 0.717) is 11.4 Å². The van der Waals surface area contributed by atoms with Crippen molar-refractivity contribution in [1.82, 2.24) is 5.32 Å². The highest BCUT2D eigenvalue weighted by molar-refractivity contribution is 5.93. The van der Waals surface area contributed by atoms with E-state index in [1.54, 1.807) is 24.3 Å². The van der Waals surface area contributed by atoms with Gasteiger partial charge in [-0.05, 0) is 12.1 Å². The van der Waals surface area contributed by atoms with Crippen molar-refractivity contribution in [2.45, 2.75) is 5.92 Å². The first-order valence-corrected chi connectivity index (χ1v) is 5.61. The van der Waals surface area contributed by atoms with E-state index in [-0.39, 0.29) is 6.54 Å². The van der Waals surface area contributed by atoms with Gasteiger partial charge in [-0.15, -0.1) is 0 Å². The minimum atomic E-state index is -3.23. The Hall–Kier alpha value is -1.73. The maximum atomic E-state index is 12.7. The number of ether oxygens (including phenoxy) is 1.